The van der Waals surface area contributed by atoms with E-state index in [4.69, 9.17) is 0 Å². The van der Waals surface area contributed by atoms with Gasteiger partial charge in [0.15, 0.2) is 0 Å². The highest BCUT2D eigenvalue weighted by Crippen LogP contribution is 2.19. The second-order valence-electron chi connectivity index (χ2n) is 7.81. The summed E-state index contributed by atoms with van der Waals surface area (Å²) < 4.78 is 26.7. The van der Waals surface area contributed by atoms with E-state index in [-0.39, 0.29) is 23.4 Å². The van der Waals surface area contributed by atoms with Crippen molar-refractivity contribution in [2.45, 2.75) is 38.3 Å². The van der Waals surface area contributed by atoms with E-state index in [1.54, 1.807) is 61.6 Å². The van der Waals surface area contributed by atoms with Gasteiger partial charge in [0.2, 0.25) is 10.0 Å². The van der Waals surface area contributed by atoms with Gasteiger partial charge in [-0.25, -0.2) is 8.42 Å². The number of carbonyl (C=O) groups is 1. The molecule has 0 fully saturated rings. The van der Waals surface area contributed by atoms with Gasteiger partial charge in [-0.05, 0) is 67.3 Å². The molecule has 3 aromatic carbocycles. The molecule has 0 aromatic heterocycles. The van der Waals surface area contributed by atoms with Crippen molar-refractivity contribution >= 4 is 15.9 Å². The minimum atomic E-state index is -3.56. The van der Waals surface area contributed by atoms with Crippen molar-refractivity contribution in [3.63, 3.8) is 0 Å². The number of amides is 1. The first-order valence-corrected chi connectivity index (χ1v) is 11.6. The van der Waals surface area contributed by atoms with E-state index in [0.29, 0.717) is 5.56 Å². The largest absolute Gasteiger partial charge is 0.346 e. The first-order chi connectivity index (χ1) is 14.7. The Morgan fingerprint density at radius 2 is 1.58 bits per heavy atom. The van der Waals surface area contributed by atoms with E-state index in [1.807, 2.05) is 13.0 Å². The second kappa shape index (κ2) is 9.45. The number of sulfonamides is 1. The first-order valence-electron chi connectivity index (χ1n) is 10.2. The fourth-order valence-corrected chi connectivity index (χ4v) is 4.45. The van der Waals surface area contributed by atoms with Gasteiger partial charge in [0.1, 0.15) is 0 Å². The molecule has 5 nitrogen and oxygen atoms in total. The number of benzene rings is 3. The van der Waals surface area contributed by atoms with Gasteiger partial charge in [0.05, 0.1) is 10.9 Å². The van der Waals surface area contributed by atoms with Crippen LogP contribution in [-0.2, 0) is 16.6 Å². The normalized spacial score (nSPS) is 12.5. The number of aryl methyl sites for hydroxylation is 2. The SMILES string of the molecule is Cc1ccc([C@@H](C)NC(=O)c2ccc(CN(C)S(=O)(=O)c3ccccc3)cc2)cc1C. The number of nitrogens with zero attached hydrogens (tertiary/aromatic N) is 1. The molecule has 1 amide bonds. The summed E-state index contributed by atoms with van der Waals surface area (Å²) in [5.41, 5.74) is 4.81. The number of nitrogens with one attached hydrogen (secondary N) is 1. The molecule has 0 bridgehead atoms. The molecule has 0 radical (unpaired) electrons. The van der Waals surface area contributed by atoms with Crippen LogP contribution in [0.2, 0.25) is 0 Å². The monoisotopic (exact) mass is 436 g/mol. The molecule has 162 valence electrons. The average Bonchev–Trinajstić information content (AvgIpc) is 2.76. The summed E-state index contributed by atoms with van der Waals surface area (Å²) in [6.45, 7) is 6.30. The van der Waals surface area contributed by atoms with Gasteiger partial charge in [-0.15, -0.1) is 0 Å². The number of hydrogen-bond acceptors (Lipinski definition) is 3. The third-order valence-corrected chi connectivity index (χ3v) is 7.27. The standard InChI is InChI=1S/C25H28N2O3S/c1-18-10-13-23(16-19(18)2)20(3)26-25(28)22-14-11-21(12-15-22)17-27(4)31(29,30)24-8-6-5-7-9-24/h5-16,20H,17H2,1-4H3,(H,26,28)/t20-/m1/s1. The lowest BCUT2D eigenvalue weighted by molar-refractivity contribution is 0.0940. The molecule has 1 atom stereocenters. The van der Waals surface area contributed by atoms with Crippen LogP contribution in [-0.4, -0.2) is 25.7 Å². The van der Waals surface area contributed by atoms with Crippen LogP contribution in [0.3, 0.4) is 0 Å². The molecule has 0 saturated carbocycles. The number of hydrogen-bond donors (Lipinski definition) is 1. The summed E-state index contributed by atoms with van der Waals surface area (Å²) in [6.07, 6.45) is 0. The third-order valence-electron chi connectivity index (χ3n) is 5.45. The first kappa shape index (κ1) is 22.7. The summed E-state index contributed by atoms with van der Waals surface area (Å²) in [4.78, 5) is 12.9. The molecule has 0 aliphatic carbocycles. The summed E-state index contributed by atoms with van der Waals surface area (Å²) in [5.74, 6) is -0.164. The Bertz CT molecular complexity index is 1160. The molecule has 0 saturated heterocycles. The molecule has 6 heteroatoms. The van der Waals surface area contributed by atoms with Crippen molar-refractivity contribution in [3.8, 4) is 0 Å². The summed E-state index contributed by atoms with van der Waals surface area (Å²) in [7, 11) is -2.01. The highest BCUT2D eigenvalue weighted by molar-refractivity contribution is 7.89. The van der Waals surface area contributed by atoms with Crippen LogP contribution in [0.15, 0.2) is 77.7 Å². The Kier molecular flexibility index (Phi) is 6.93. The Morgan fingerprint density at radius 1 is 0.935 bits per heavy atom. The lowest BCUT2D eigenvalue weighted by Crippen LogP contribution is -2.27. The topological polar surface area (TPSA) is 66.5 Å². The number of rotatable bonds is 7. The van der Waals surface area contributed by atoms with E-state index < -0.39 is 10.0 Å². The zero-order valence-electron chi connectivity index (χ0n) is 18.3. The number of carbonyl (C=O) groups excluding carboxylic acids is 1. The predicted molar refractivity (Wildman–Crippen MR) is 123 cm³/mol. The van der Waals surface area contributed by atoms with E-state index in [1.165, 1.54) is 15.4 Å². The zero-order valence-corrected chi connectivity index (χ0v) is 19.1. The molecule has 1 N–H and O–H groups in total. The Labute approximate surface area is 184 Å². The maximum Gasteiger partial charge on any atom is 0.251 e. The van der Waals surface area contributed by atoms with Crippen molar-refractivity contribution in [2.75, 3.05) is 7.05 Å². The summed E-state index contributed by atoms with van der Waals surface area (Å²) in [6, 6.07) is 21.4. The van der Waals surface area contributed by atoms with Crippen LogP contribution in [0.25, 0.3) is 0 Å². The van der Waals surface area contributed by atoms with Gasteiger partial charge in [-0.1, -0.05) is 48.5 Å². The lowest BCUT2D eigenvalue weighted by atomic mass is 10.0. The molecular weight excluding hydrogens is 408 g/mol. The predicted octanol–water partition coefficient (Wildman–Crippen LogP) is 4.62. The van der Waals surface area contributed by atoms with Crippen LogP contribution >= 0.6 is 0 Å². The molecule has 0 unspecified atom stereocenters. The molecule has 3 rings (SSSR count). The van der Waals surface area contributed by atoms with E-state index in [9.17, 15) is 13.2 Å². The molecule has 3 aromatic rings. The van der Waals surface area contributed by atoms with Crippen LogP contribution < -0.4 is 5.32 Å². The highest BCUT2D eigenvalue weighted by atomic mass is 32.2. The smallest absolute Gasteiger partial charge is 0.251 e. The van der Waals surface area contributed by atoms with Gasteiger partial charge in [-0.2, -0.15) is 4.31 Å². The third kappa shape index (κ3) is 5.40. The maximum atomic E-state index is 12.7. The van der Waals surface area contributed by atoms with Gasteiger partial charge in [0.25, 0.3) is 5.91 Å². The van der Waals surface area contributed by atoms with Crippen LogP contribution in [0.5, 0.6) is 0 Å². The fourth-order valence-electron chi connectivity index (χ4n) is 3.27. The molecule has 0 spiro atoms. The summed E-state index contributed by atoms with van der Waals surface area (Å²) >= 11 is 0. The maximum absolute atomic E-state index is 12.7. The van der Waals surface area contributed by atoms with E-state index in [2.05, 4.69) is 31.3 Å². The van der Waals surface area contributed by atoms with Crippen LogP contribution in [0.4, 0.5) is 0 Å². The lowest BCUT2D eigenvalue weighted by Gasteiger charge is -2.18. The molecule has 0 aliphatic heterocycles. The van der Waals surface area contributed by atoms with Gasteiger partial charge in [-0.3, -0.25) is 4.79 Å². The van der Waals surface area contributed by atoms with Crippen molar-refractivity contribution < 1.29 is 13.2 Å². The van der Waals surface area contributed by atoms with Crippen molar-refractivity contribution in [3.05, 3.63) is 101 Å². The van der Waals surface area contributed by atoms with Crippen LogP contribution in [0, 0.1) is 13.8 Å². The minimum Gasteiger partial charge on any atom is -0.346 e. The van der Waals surface area contributed by atoms with E-state index in [0.717, 1.165) is 11.1 Å². The van der Waals surface area contributed by atoms with Crippen molar-refractivity contribution in [2.24, 2.45) is 0 Å². The Hall–Kier alpha value is -2.96. The summed E-state index contributed by atoms with van der Waals surface area (Å²) in [5, 5.41) is 3.02. The minimum absolute atomic E-state index is 0.117. The Morgan fingerprint density at radius 3 is 2.19 bits per heavy atom. The molecule has 0 aliphatic rings. The Balaban J connectivity index is 1.65. The average molecular weight is 437 g/mol. The van der Waals surface area contributed by atoms with E-state index >= 15 is 0 Å². The van der Waals surface area contributed by atoms with Gasteiger partial charge < -0.3 is 5.32 Å². The molecule has 31 heavy (non-hydrogen) atoms. The second-order valence-corrected chi connectivity index (χ2v) is 9.85. The highest BCUT2D eigenvalue weighted by Gasteiger charge is 2.20. The quantitative estimate of drug-likeness (QED) is 0.588. The van der Waals surface area contributed by atoms with Gasteiger partial charge in [0, 0.05) is 19.2 Å². The van der Waals surface area contributed by atoms with Crippen molar-refractivity contribution in [1.29, 1.82) is 0 Å². The zero-order chi connectivity index (χ0) is 22.6. The molecule has 0 heterocycles. The van der Waals surface area contributed by atoms with Crippen LogP contribution in [0.1, 0.15) is 45.6 Å². The fraction of sp³-hybridized carbons (Fsp3) is 0.240. The molecular formula is C25H28N2O3S. The van der Waals surface area contributed by atoms with Gasteiger partial charge >= 0.3 is 0 Å². The van der Waals surface area contributed by atoms with Crippen molar-refractivity contribution in [1.82, 2.24) is 9.62 Å².